The second-order valence-corrected chi connectivity index (χ2v) is 6.37. The van der Waals surface area contributed by atoms with Crippen LogP contribution in [0, 0.1) is 5.92 Å². The predicted octanol–water partition coefficient (Wildman–Crippen LogP) is -0.0469. The van der Waals surface area contributed by atoms with Gasteiger partial charge in [-0.2, -0.15) is 0 Å². The molecule has 0 radical (unpaired) electrons. The first-order valence-corrected chi connectivity index (χ1v) is 7.69. The van der Waals surface area contributed by atoms with Crippen molar-refractivity contribution in [1.29, 1.82) is 0 Å². The maximum absolute atomic E-state index is 11.9. The number of hydrogen-bond acceptors (Lipinski definition) is 5. The molecule has 4 atom stereocenters. The number of azide groups is 1. The molecule has 1 amide bonds. The molecular weight excluding hydrogens is 300 g/mol. The molecule has 2 aliphatic heterocycles. The number of carbonyl (C=O) groups is 2. The van der Waals surface area contributed by atoms with Crippen molar-refractivity contribution in [1.82, 2.24) is 4.90 Å². The highest BCUT2D eigenvalue weighted by Gasteiger charge is 2.56. The maximum atomic E-state index is 11.9. The Morgan fingerprint density at radius 3 is 2.86 bits per heavy atom. The molecule has 21 heavy (non-hydrogen) atoms. The van der Waals surface area contributed by atoms with E-state index in [1.54, 1.807) is 0 Å². The van der Waals surface area contributed by atoms with Crippen molar-refractivity contribution in [3.05, 3.63) is 21.7 Å². The number of β-lactam (4-membered cyclic amide) rings is 1. The molecule has 2 rings (SSSR count). The normalized spacial score (nSPS) is 26.8. The third-order valence-corrected chi connectivity index (χ3v) is 4.70. The number of carboxylic acid groups (broad SMARTS) is 1. The van der Waals surface area contributed by atoms with Crippen LogP contribution in [-0.2, 0) is 20.4 Å². The van der Waals surface area contributed by atoms with E-state index in [0.29, 0.717) is 5.57 Å². The molecule has 2 aliphatic rings. The van der Waals surface area contributed by atoms with Crippen LogP contribution in [0.5, 0.6) is 0 Å². The summed E-state index contributed by atoms with van der Waals surface area (Å²) < 4.78 is 11.7. The highest BCUT2D eigenvalue weighted by molar-refractivity contribution is 7.85. The monoisotopic (exact) mass is 314 g/mol. The largest absolute Gasteiger partial charge is 0.477 e. The summed E-state index contributed by atoms with van der Waals surface area (Å²) in [5.74, 6) is -2.62. The van der Waals surface area contributed by atoms with Crippen molar-refractivity contribution in [2.45, 2.75) is 25.5 Å². The Morgan fingerprint density at radius 1 is 1.67 bits per heavy atom. The van der Waals surface area contributed by atoms with E-state index in [-0.39, 0.29) is 23.7 Å². The van der Waals surface area contributed by atoms with E-state index in [4.69, 9.17) is 5.53 Å². The van der Waals surface area contributed by atoms with Crippen LogP contribution in [0.4, 0.5) is 0 Å². The average Bonchev–Trinajstić information content (AvgIpc) is 2.70. The van der Waals surface area contributed by atoms with Crippen molar-refractivity contribution in [3.8, 4) is 0 Å². The molecule has 114 valence electrons. The summed E-state index contributed by atoms with van der Waals surface area (Å²) >= 11 is 0. The summed E-state index contributed by atoms with van der Waals surface area (Å²) in [7, 11) is -1.52. The van der Waals surface area contributed by atoms with Crippen LogP contribution in [0.3, 0.4) is 0 Å². The molecule has 0 aromatic rings. The smallest absolute Gasteiger partial charge is 0.352 e. The summed E-state index contributed by atoms with van der Waals surface area (Å²) in [6.07, 6.45) is -0.591. The topological polar surface area (TPSA) is 144 Å². The predicted molar refractivity (Wildman–Crippen MR) is 72.1 cm³/mol. The number of aliphatic hydroxyl groups is 1. The Kier molecular flexibility index (Phi) is 4.31. The van der Waals surface area contributed by atoms with Gasteiger partial charge >= 0.3 is 5.97 Å². The van der Waals surface area contributed by atoms with Crippen LogP contribution < -0.4 is 0 Å². The lowest BCUT2D eigenvalue weighted by atomic mass is 9.83. The minimum atomic E-state index is -1.52. The molecule has 0 saturated carbocycles. The van der Waals surface area contributed by atoms with Crippen LogP contribution in [0.25, 0.3) is 10.4 Å². The van der Waals surface area contributed by atoms with Gasteiger partial charge in [0, 0.05) is 21.5 Å². The summed E-state index contributed by atoms with van der Waals surface area (Å²) in [6.45, 7) is 1.48. The lowest BCUT2D eigenvalue weighted by Crippen LogP contribution is -2.61. The van der Waals surface area contributed by atoms with Crippen molar-refractivity contribution in [3.63, 3.8) is 0 Å². The zero-order valence-electron chi connectivity index (χ0n) is 11.2. The Balaban J connectivity index is 2.21. The highest BCUT2D eigenvalue weighted by Crippen LogP contribution is 2.43. The first-order valence-electron chi connectivity index (χ1n) is 6.20. The number of amides is 1. The molecule has 0 aliphatic carbocycles. The van der Waals surface area contributed by atoms with Crippen LogP contribution in [0.2, 0.25) is 0 Å². The molecule has 0 spiro atoms. The molecule has 2 N–H and O–H groups in total. The Hall–Kier alpha value is -1.90. The molecule has 0 aromatic carbocycles. The molecule has 10 heteroatoms. The van der Waals surface area contributed by atoms with Crippen molar-refractivity contribution < 1.29 is 24.0 Å². The van der Waals surface area contributed by atoms with Gasteiger partial charge in [0.05, 0.1) is 18.1 Å². The van der Waals surface area contributed by atoms with Crippen molar-refractivity contribution in [2.24, 2.45) is 11.0 Å². The minimum Gasteiger partial charge on any atom is -0.477 e. The first kappa shape index (κ1) is 15.5. The van der Waals surface area contributed by atoms with E-state index < -0.39 is 40.7 Å². The van der Waals surface area contributed by atoms with Gasteiger partial charge in [-0.1, -0.05) is 5.11 Å². The fourth-order valence-corrected chi connectivity index (χ4v) is 3.74. The van der Waals surface area contributed by atoms with Gasteiger partial charge in [-0.05, 0) is 24.4 Å². The summed E-state index contributed by atoms with van der Waals surface area (Å²) in [4.78, 5) is 26.9. The van der Waals surface area contributed by atoms with Crippen molar-refractivity contribution >= 4 is 22.7 Å². The summed E-state index contributed by atoms with van der Waals surface area (Å²) in [5.41, 5.74) is 8.41. The van der Waals surface area contributed by atoms with E-state index in [2.05, 4.69) is 10.0 Å². The number of nitrogens with zero attached hydrogens (tertiary/aromatic N) is 4. The quantitative estimate of drug-likeness (QED) is 0.306. The second kappa shape index (κ2) is 5.84. The maximum Gasteiger partial charge on any atom is 0.352 e. The molecule has 0 bridgehead atoms. The average molecular weight is 314 g/mol. The summed E-state index contributed by atoms with van der Waals surface area (Å²) in [5, 5.41) is 22.0. The minimum absolute atomic E-state index is 0.0620. The first-order chi connectivity index (χ1) is 9.88. The zero-order chi connectivity index (χ0) is 15.7. The molecule has 2 heterocycles. The number of hydrogen-bond donors (Lipinski definition) is 2. The van der Waals surface area contributed by atoms with E-state index in [1.807, 2.05) is 0 Å². The Labute approximate surface area is 122 Å². The van der Waals surface area contributed by atoms with Gasteiger partial charge in [0.2, 0.25) is 5.91 Å². The van der Waals surface area contributed by atoms with Crippen LogP contribution in [-0.4, -0.2) is 55.0 Å². The third-order valence-electron chi connectivity index (χ3n) is 3.62. The van der Waals surface area contributed by atoms with Gasteiger partial charge in [-0.25, -0.2) is 4.79 Å². The molecular formula is C11H14N4O5S. The van der Waals surface area contributed by atoms with Gasteiger partial charge in [-0.3, -0.25) is 9.00 Å². The number of aliphatic carboxylic acids is 1. The van der Waals surface area contributed by atoms with Crippen LogP contribution in [0.15, 0.2) is 16.4 Å². The number of carbonyl (C=O) groups excluding carboxylic acids is 1. The third kappa shape index (κ3) is 2.65. The lowest BCUT2D eigenvalue weighted by Gasteiger charge is -2.44. The zero-order valence-corrected chi connectivity index (χ0v) is 12.0. The molecule has 0 aromatic heterocycles. The van der Waals surface area contributed by atoms with E-state index in [0.717, 1.165) is 4.90 Å². The second-order valence-electron chi connectivity index (χ2n) is 4.95. The van der Waals surface area contributed by atoms with Gasteiger partial charge < -0.3 is 15.1 Å². The standard InChI is InChI=1S/C11H14N4O5S/c1-5(16)8-7-2-6(3-21(20)4-13-14-12)9(11(18)19)15(7)10(8)17/h5,7-8,16H,2-4H2,1H3,(H,18,19). The van der Waals surface area contributed by atoms with E-state index in [1.165, 1.54) is 6.92 Å². The highest BCUT2D eigenvalue weighted by atomic mass is 32.2. The van der Waals surface area contributed by atoms with Crippen LogP contribution in [0.1, 0.15) is 13.3 Å². The molecule has 1 fully saturated rings. The van der Waals surface area contributed by atoms with E-state index >= 15 is 0 Å². The van der Waals surface area contributed by atoms with Gasteiger partial charge in [-0.15, -0.1) is 0 Å². The lowest BCUT2D eigenvalue weighted by molar-refractivity contribution is -0.161. The van der Waals surface area contributed by atoms with Gasteiger partial charge in [0.1, 0.15) is 11.6 Å². The summed E-state index contributed by atoms with van der Waals surface area (Å²) in [6, 6.07) is -0.393. The fraction of sp³-hybridized carbons (Fsp3) is 0.636. The van der Waals surface area contributed by atoms with Gasteiger partial charge in [0.15, 0.2) is 0 Å². The fourth-order valence-electron chi connectivity index (χ4n) is 2.82. The number of aliphatic hydroxyl groups excluding tert-OH is 1. The Bertz CT molecular complexity index is 595. The van der Waals surface area contributed by atoms with Gasteiger partial charge in [0.25, 0.3) is 0 Å². The molecule has 4 unspecified atom stereocenters. The number of fused-ring (bicyclic) bond motifs is 1. The molecule has 1 saturated heterocycles. The number of rotatable bonds is 6. The van der Waals surface area contributed by atoms with Crippen molar-refractivity contribution in [2.75, 3.05) is 11.6 Å². The molecule has 9 nitrogen and oxygen atoms in total. The van der Waals surface area contributed by atoms with E-state index in [9.17, 15) is 24.0 Å². The van der Waals surface area contributed by atoms with Crippen LogP contribution >= 0.6 is 0 Å². The SMILES string of the molecule is CC(O)C1C(=O)N2C(C(=O)O)=C(CS(=O)CN=[N+]=[N-])CC12. The number of carboxylic acids is 1. The Morgan fingerprint density at radius 2 is 2.33 bits per heavy atom.